The van der Waals surface area contributed by atoms with E-state index in [1.165, 1.54) is 17.6 Å². The Morgan fingerprint density at radius 1 is 1.44 bits per heavy atom. The fourth-order valence-corrected chi connectivity index (χ4v) is 1.31. The third kappa shape index (κ3) is 1.01. The van der Waals surface area contributed by atoms with Crippen LogP contribution in [0.25, 0.3) is 0 Å². The predicted octanol–water partition coefficient (Wildman–Crippen LogP) is 1.83. The zero-order valence-corrected chi connectivity index (χ0v) is 6.49. The molecule has 0 aromatic heterocycles. The summed E-state index contributed by atoms with van der Waals surface area (Å²) >= 11 is 0. The zero-order valence-electron chi connectivity index (χ0n) is 6.49. The first-order chi connectivity index (χ1) is 4.04. The molecule has 0 fully saturated rings. The van der Waals surface area contributed by atoms with Gasteiger partial charge in [-0.05, 0) is 33.6 Å². The zero-order chi connectivity index (χ0) is 7.07. The summed E-state index contributed by atoms with van der Waals surface area (Å²) < 4.78 is 0. The maximum atomic E-state index is 5.95. The molecule has 1 aliphatic carbocycles. The van der Waals surface area contributed by atoms with Crippen molar-refractivity contribution in [2.24, 2.45) is 5.73 Å². The Kier molecular flexibility index (Phi) is 1.39. The summed E-state index contributed by atoms with van der Waals surface area (Å²) in [5.41, 5.74) is 8.84. The van der Waals surface area contributed by atoms with Gasteiger partial charge >= 0.3 is 0 Å². The molecule has 1 rings (SSSR count). The highest BCUT2D eigenvalue weighted by Gasteiger charge is 2.27. The molecule has 1 aliphatic rings. The van der Waals surface area contributed by atoms with Crippen molar-refractivity contribution in [2.75, 3.05) is 0 Å². The average molecular weight is 125 g/mol. The van der Waals surface area contributed by atoms with Gasteiger partial charge in [-0.3, -0.25) is 0 Å². The second kappa shape index (κ2) is 1.84. The van der Waals surface area contributed by atoms with Crippen molar-refractivity contribution in [2.45, 2.75) is 39.2 Å². The SMILES string of the molecule is CC1=C(C)C(C)(N)CC1. The Morgan fingerprint density at radius 3 is 2.11 bits per heavy atom. The topological polar surface area (TPSA) is 26.0 Å². The van der Waals surface area contributed by atoms with Crippen LogP contribution in [0.3, 0.4) is 0 Å². The number of hydrogen-bond acceptors (Lipinski definition) is 1. The van der Waals surface area contributed by atoms with Crippen LogP contribution in [0.2, 0.25) is 0 Å². The molecule has 0 heterocycles. The van der Waals surface area contributed by atoms with E-state index in [1.807, 2.05) is 0 Å². The Balaban J connectivity index is 2.88. The van der Waals surface area contributed by atoms with Gasteiger partial charge in [-0.15, -0.1) is 0 Å². The van der Waals surface area contributed by atoms with E-state index in [-0.39, 0.29) is 5.54 Å². The average Bonchev–Trinajstić information content (AvgIpc) is 1.97. The first kappa shape index (κ1) is 6.81. The summed E-state index contributed by atoms with van der Waals surface area (Å²) in [7, 11) is 0. The summed E-state index contributed by atoms with van der Waals surface area (Å²) in [6.07, 6.45) is 2.32. The van der Waals surface area contributed by atoms with E-state index in [0.717, 1.165) is 6.42 Å². The standard InChI is InChI=1S/C8H15N/c1-6-4-5-8(3,9)7(6)2/h4-5,9H2,1-3H3. The molecule has 0 bridgehead atoms. The molecule has 0 amide bonds. The largest absolute Gasteiger partial charge is 0.322 e. The molecule has 2 N–H and O–H groups in total. The van der Waals surface area contributed by atoms with Crippen molar-refractivity contribution >= 4 is 0 Å². The number of rotatable bonds is 0. The Bertz CT molecular complexity index is 154. The van der Waals surface area contributed by atoms with E-state index in [1.54, 1.807) is 0 Å². The Hall–Kier alpha value is -0.300. The van der Waals surface area contributed by atoms with Crippen LogP contribution in [0.1, 0.15) is 33.6 Å². The molecule has 0 aromatic rings. The highest BCUT2D eigenvalue weighted by atomic mass is 14.7. The quantitative estimate of drug-likeness (QED) is 0.491. The molecule has 52 valence electrons. The molecular weight excluding hydrogens is 110 g/mol. The van der Waals surface area contributed by atoms with E-state index in [4.69, 9.17) is 5.73 Å². The molecule has 0 saturated carbocycles. The predicted molar refractivity (Wildman–Crippen MR) is 40.2 cm³/mol. The maximum Gasteiger partial charge on any atom is 0.0343 e. The highest BCUT2D eigenvalue weighted by Crippen LogP contribution is 2.32. The third-order valence-corrected chi connectivity index (χ3v) is 2.52. The summed E-state index contributed by atoms with van der Waals surface area (Å²) in [5, 5.41) is 0. The van der Waals surface area contributed by atoms with Crippen molar-refractivity contribution in [1.82, 2.24) is 0 Å². The fraction of sp³-hybridized carbons (Fsp3) is 0.750. The lowest BCUT2D eigenvalue weighted by Crippen LogP contribution is -2.34. The first-order valence-corrected chi connectivity index (χ1v) is 3.50. The summed E-state index contributed by atoms with van der Waals surface area (Å²) in [6.45, 7) is 6.43. The fourth-order valence-electron chi connectivity index (χ4n) is 1.31. The van der Waals surface area contributed by atoms with Gasteiger partial charge in [0.2, 0.25) is 0 Å². The second-order valence-electron chi connectivity index (χ2n) is 3.32. The molecule has 9 heavy (non-hydrogen) atoms. The molecule has 0 aromatic carbocycles. The van der Waals surface area contributed by atoms with Crippen LogP contribution in [0.5, 0.6) is 0 Å². The molecule has 0 saturated heterocycles. The van der Waals surface area contributed by atoms with Crippen LogP contribution in [-0.4, -0.2) is 5.54 Å². The van der Waals surface area contributed by atoms with Crippen molar-refractivity contribution in [3.63, 3.8) is 0 Å². The third-order valence-electron chi connectivity index (χ3n) is 2.52. The van der Waals surface area contributed by atoms with Gasteiger partial charge in [-0.2, -0.15) is 0 Å². The van der Waals surface area contributed by atoms with Crippen molar-refractivity contribution in [3.05, 3.63) is 11.1 Å². The minimum atomic E-state index is 0.00405. The summed E-state index contributed by atoms with van der Waals surface area (Å²) in [5.74, 6) is 0. The van der Waals surface area contributed by atoms with Gasteiger partial charge in [-0.1, -0.05) is 11.1 Å². The van der Waals surface area contributed by atoms with Gasteiger partial charge in [-0.25, -0.2) is 0 Å². The number of hydrogen-bond donors (Lipinski definition) is 1. The molecule has 1 atom stereocenters. The lowest BCUT2D eigenvalue weighted by molar-refractivity contribution is 0.543. The van der Waals surface area contributed by atoms with Crippen LogP contribution in [-0.2, 0) is 0 Å². The normalized spacial score (nSPS) is 36.0. The van der Waals surface area contributed by atoms with Crippen molar-refractivity contribution < 1.29 is 0 Å². The van der Waals surface area contributed by atoms with Gasteiger partial charge in [0.1, 0.15) is 0 Å². The van der Waals surface area contributed by atoms with E-state index in [9.17, 15) is 0 Å². The first-order valence-electron chi connectivity index (χ1n) is 3.50. The van der Waals surface area contributed by atoms with Gasteiger partial charge in [0.25, 0.3) is 0 Å². The Morgan fingerprint density at radius 2 is 2.00 bits per heavy atom. The lowest BCUT2D eigenvalue weighted by Gasteiger charge is -2.19. The smallest absolute Gasteiger partial charge is 0.0343 e. The van der Waals surface area contributed by atoms with Gasteiger partial charge in [0.15, 0.2) is 0 Å². The van der Waals surface area contributed by atoms with Crippen LogP contribution in [0.15, 0.2) is 11.1 Å². The summed E-state index contributed by atoms with van der Waals surface area (Å²) in [6, 6.07) is 0. The van der Waals surface area contributed by atoms with Crippen LogP contribution in [0, 0.1) is 0 Å². The van der Waals surface area contributed by atoms with E-state index in [2.05, 4.69) is 20.8 Å². The van der Waals surface area contributed by atoms with Crippen LogP contribution < -0.4 is 5.73 Å². The van der Waals surface area contributed by atoms with E-state index >= 15 is 0 Å². The second-order valence-corrected chi connectivity index (χ2v) is 3.32. The van der Waals surface area contributed by atoms with Crippen LogP contribution >= 0.6 is 0 Å². The number of nitrogens with two attached hydrogens (primary N) is 1. The molecule has 0 spiro atoms. The van der Waals surface area contributed by atoms with Crippen molar-refractivity contribution in [3.8, 4) is 0 Å². The molecule has 0 aliphatic heterocycles. The molecule has 1 nitrogen and oxygen atoms in total. The minimum absolute atomic E-state index is 0.00405. The van der Waals surface area contributed by atoms with Gasteiger partial charge in [0, 0.05) is 5.54 Å². The lowest BCUT2D eigenvalue weighted by atomic mass is 9.96. The molecule has 1 unspecified atom stereocenters. The van der Waals surface area contributed by atoms with E-state index in [0.29, 0.717) is 0 Å². The van der Waals surface area contributed by atoms with Gasteiger partial charge < -0.3 is 5.73 Å². The van der Waals surface area contributed by atoms with Gasteiger partial charge in [0.05, 0.1) is 0 Å². The minimum Gasteiger partial charge on any atom is -0.322 e. The van der Waals surface area contributed by atoms with Crippen molar-refractivity contribution in [1.29, 1.82) is 0 Å². The summed E-state index contributed by atoms with van der Waals surface area (Å²) in [4.78, 5) is 0. The Labute approximate surface area is 56.9 Å². The molecule has 0 radical (unpaired) electrons. The maximum absolute atomic E-state index is 5.95. The van der Waals surface area contributed by atoms with Crippen LogP contribution in [0.4, 0.5) is 0 Å². The monoisotopic (exact) mass is 125 g/mol. The highest BCUT2D eigenvalue weighted by molar-refractivity contribution is 5.27. The molecular formula is C8H15N. The van der Waals surface area contributed by atoms with E-state index < -0.39 is 0 Å². The molecule has 1 heteroatoms. The number of allylic oxidation sites excluding steroid dienone is 1.